The van der Waals surface area contributed by atoms with Gasteiger partial charge in [-0.25, -0.2) is 4.99 Å². The zero-order chi connectivity index (χ0) is 19.6. The van der Waals surface area contributed by atoms with Crippen molar-refractivity contribution in [1.29, 1.82) is 0 Å². The average Bonchev–Trinajstić information content (AvgIpc) is 2.88. The Morgan fingerprint density at radius 3 is 2.37 bits per heavy atom. The number of rotatable bonds is 4. The maximum Gasteiger partial charge on any atom is 0.242 e. The molecule has 140 valence electrons. The van der Waals surface area contributed by atoms with E-state index in [1.807, 2.05) is 63.2 Å². The van der Waals surface area contributed by atoms with E-state index < -0.39 is 5.25 Å². The monoisotopic (exact) mass is 381 g/mol. The van der Waals surface area contributed by atoms with Crippen molar-refractivity contribution in [2.45, 2.75) is 32.4 Å². The summed E-state index contributed by atoms with van der Waals surface area (Å²) in [5.74, 6) is -0.257. The van der Waals surface area contributed by atoms with Crippen LogP contribution in [-0.4, -0.2) is 34.2 Å². The molecule has 2 aromatic carbocycles. The van der Waals surface area contributed by atoms with Crippen LogP contribution < -0.4 is 5.32 Å². The largest absolute Gasteiger partial charge is 0.326 e. The summed E-state index contributed by atoms with van der Waals surface area (Å²) >= 11 is 1.34. The van der Waals surface area contributed by atoms with Gasteiger partial charge >= 0.3 is 0 Å². The number of hydrogen-bond acceptors (Lipinski definition) is 4. The van der Waals surface area contributed by atoms with Gasteiger partial charge in [0, 0.05) is 19.2 Å². The molecular formula is C21H23N3O2S. The van der Waals surface area contributed by atoms with Gasteiger partial charge in [-0.05, 0) is 43.5 Å². The highest BCUT2D eigenvalue weighted by Gasteiger charge is 2.37. The van der Waals surface area contributed by atoms with Crippen molar-refractivity contribution in [2.75, 3.05) is 12.4 Å². The van der Waals surface area contributed by atoms with E-state index in [4.69, 9.17) is 0 Å². The zero-order valence-electron chi connectivity index (χ0n) is 15.9. The van der Waals surface area contributed by atoms with Crippen molar-refractivity contribution in [1.82, 2.24) is 4.90 Å². The molecule has 2 aromatic rings. The van der Waals surface area contributed by atoms with Gasteiger partial charge in [-0.1, -0.05) is 48.2 Å². The van der Waals surface area contributed by atoms with Crippen LogP contribution in [0.15, 0.2) is 47.5 Å². The number of nitrogens with one attached hydrogen (secondary N) is 1. The highest BCUT2D eigenvalue weighted by Crippen LogP contribution is 2.32. The first kappa shape index (κ1) is 19.2. The molecular weight excluding hydrogens is 358 g/mol. The van der Waals surface area contributed by atoms with Gasteiger partial charge in [0.1, 0.15) is 5.25 Å². The van der Waals surface area contributed by atoms with Crippen LogP contribution >= 0.6 is 11.8 Å². The molecule has 0 spiro atoms. The minimum absolute atomic E-state index is 0.0935. The van der Waals surface area contributed by atoms with Gasteiger partial charge in [-0.15, -0.1) is 0 Å². The lowest BCUT2D eigenvalue weighted by molar-refractivity contribution is -0.127. The van der Waals surface area contributed by atoms with Gasteiger partial charge in [0.2, 0.25) is 11.8 Å². The van der Waals surface area contributed by atoms with Crippen LogP contribution in [-0.2, 0) is 9.59 Å². The van der Waals surface area contributed by atoms with Crippen molar-refractivity contribution < 1.29 is 9.59 Å². The molecule has 0 aliphatic carbocycles. The highest BCUT2D eigenvalue weighted by atomic mass is 32.2. The van der Waals surface area contributed by atoms with Gasteiger partial charge in [0.25, 0.3) is 0 Å². The summed E-state index contributed by atoms with van der Waals surface area (Å²) in [5, 5.41) is 3.12. The number of amidine groups is 1. The standard InChI is InChI=1S/C21H23N3O2S/c1-13-8-5-6-11-16(13)22-21-24(4)20(26)17(27-21)12-18(25)23-19-14(2)9-7-10-15(19)3/h5-11,17H,12H2,1-4H3,(H,23,25). The van der Waals surface area contributed by atoms with E-state index >= 15 is 0 Å². The molecule has 1 fully saturated rings. The van der Waals surface area contributed by atoms with Crippen molar-refractivity contribution in [3.63, 3.8) is 0 Å². The summed E-state index contributed by atoms with van der Waals surface area (Å²) < 4.78 is 0. The van der Waals surface area contributed by atoms with Crippen molar-refractivity contribution in [3.8, 4) is 0 Å². The Morgan fingerprint density at radius 1 is 1.07 bits per heavy atom. The molecule has 3 rings (SSSR count). The summed E-state index contributed by atoms with van der Waals surface area (Å²) in [5.41, 5.74) is 4.71. The number of nitrogens with zero attached hydrogens (tertiary/aromatic N) is 2. The molecule has 6 heteroatoms. The number of amides is 2. The first-order chi connectivity index (χ1) is 12.9. The lowest BCUT2D eigenvalue weighted by atomic mass is 10.1. The molecule has 0 bridgehead atoms. The first-order valence-electron chi connectivity index (χ1n) is 8.81. The number of anilines is 1. The molecule has 1 aliphatic heterocycles. The molecule has 1 N–H and O–H groups in total. The minimum atomic E-state index is -0.456. The second-order valence-corrected chi connectivity index (χ2v) is 7.87. The Kier molecular flexibility index (Phi) is 5.65. The normalized spacial score (nSPS) is 18.2. The number of carbonyl (C=O) groups is 2. The minimum Gasteiger partial charge on any atom is -0.326 e. The topological polar surface area (TPSA) is 61.8 Å². The maximum atomic E-state index is 12.6. The summed E-state index contributed by atoms with van der Waals surface area (Å²) in [6.45, 7) is 5.90. The van der Waals surface area contributed by atoms with Crippen LogP contribution in [0.4, 0.5) is 11.4 Å². The summed E-state index contributed by atoms with van der Waals surface area (Å²) in [7, 11) is 1.70. The third kappa shape index (κ3) is 4.22. The SMILES string of the molecule is Cc1ccccc1N=C1SC(CC(=O)Nc2c(C)cccc2C)C(=O)N1C. The van der Waals surface area contributed by atoms with Gasteiger partial charge < -0.3 is 5.32 Å². The molecule has 0 aromatic heterocycles. The second-order valence-electron chi connectivity index (χ2n) is 6.70. The fourth-order valence-corrected chi connectivity index (χ4v) is 4.11. The van der Waals surface area contributed by atoms with Crippen LogP contribution in [0.2, 0.25) is 0 Å². The Labute approximate surface area is 163 Å². The van der Waals surface area contributed by atoms with Crippen LogP contribution in [0.5, 0.6) is 0 Å². The quantitative estimate of drug-likeness (QED) is 0.863. The number of aryl methyl sites for hydroxylation is 3. The lowest BCUT2D eigenvalue weighted by Gasteiger charge is -2.12. The van der Waals surface area contributed by atoms with E-state index in [2.05, 4.69) is 10.3 Å². The third-order valence-electron chi connectivity index (χ3n) is 4.59. The number of carbonyl (C=O) groups excluding carboxylic acids is 2. The second kappa shape index (κ2) is 7.96. The third-order valence-corrected chi connectivity index (χ3v) is 5.82. The zero-order valence-corrected chi connectivity index (χ0v) is 16.8. The molecule has 1 heterocycles. The number of thioether (sulfide) groups is 1. The van der Waals surface area contributed by atoms with Gasteiger partial charge in [-0.2, -0.15) is 0 Å². The Morgan fingerprint density at radius 2 is 1.70 bits per heavy atom. The molecule has 0 radical (unpaired) electrons. The number of hydrogen-bond donors (Lipinski definition) is 1. The van der Waals surface area contributed by atoms with E-state index in [1.54, 1.807) is 7.05 Å². The molecule has 5 nitrogen and oxygen atoms in total. The van der Waals surface area contributed by atoms with E-state index in [-0.39, 0.29) is 18.2 Å². The van der Waals surface area contributed by atoms with Gasteiger partial charge in [0.05, 0.1) is 5.69 Å². The predicted octanol–water partition coefficient (Wildman–Crippen LogP) is 4.20. The fraction of sp³-hybridized carbons (Fsp3) is 0.286. The van der Waals surface area contributed by atoms with Crippen LogP contribution in [0.3, 0.4) is 0 Å². The van der Waals surface area contributed by atoms with E-state index in [0.717, 1.165) is 28.1 Å². The van der Waals surface area contributed by atoms with Crippen molar-refractivity contribution >= 4 is 40.1 Å². The maximum absolute atomic E-state index is 12.6. The number of aliphatic imine (C=N–C) groups is 1. The van der Waals surface area contributed by atoms with E-state index in [0.29, 0.717) is 5.17 Å². The van der Waals surface area contributed by atoms with Crippen LogP contribution in [0, 0.1) is 20.8 Å². The average molecular weight is 382 g/mol. The van der Waals surface area contributed by atoms with Crippen LogP contribution in [0.25, 0.3) is 0 Å². The smallest absolute Gasteiger partial charge is 0.242 e. The fourth-order valence-electron chi connectivity index (χ4n) is 2.96. The summed E-state index contributed by atoms with van der Waals surface area (Å²) in [6.07, 6.45) is 0.119. The van der Waals surface area contributed by atoms with Crippen molar-refractivity contribution in [2.24, 2.45) is 4.99 Å². The molecule has 0 saturated carbocycles. The molecule has 1 saturated heterocycles. The van der Waals surface area contributed by atoms with Gasteiger partial charge in [-0.3, -0.25) is 14.5 Å². The Bertz CT molecular complexity index is 903. The molecule has 1 unspecified atom stereocenters. The Hall–Kier alpha value is -2.60. The molecule has 27 heavy (non-hydrogen) atoms. The molecule has 1 aliphatic rings. The predicted molar refractivity (Wildman–Crippen MR) is 112 cm³/mol. The number of para-hydroxylation sites is 2. The van der Waals surface area contributed by atoms with Crippen LogP contribution in [0.1, 0.15) is 23.1 Å². The number of benzene rings is 2. The lowest BCUT2D eigenvalue weighted by Crippen LogP contribution is -2.30. The highest BCUT2D eigenvalue weighted by molar-refractivity contribution is 8.15. The van der Waals surface area contributed by atoms with E-state index in [9.17, 15) is 9.59 Å². The Balaban J connectivity index is 1.72. The molecule has 2 amide bonds. The van der Waals surface area contributed by atoms with Gasteiger partial charge in [0.15, 0.2) is 5.17 Å². The first-order valence-corrected chi connectivity index (χ1v) is 9.69. The molecule has 1 atom stereocenters. The summed E-state index contributed by atoms with van der Waals surface area (Å²) in [6, 6.07) is 13.6. The van der Waals surface area contributed by atoms with Crippen molar-refractivity contribution in [3.05, 3.63) is 59.2 Å². The summed E-state index contributed by atoms with van der Waals surface area (Å²) in [4.78, 5) is 31.2. The van der Waals surface area contributed by atoms with E-state index in [1.165, 1.54) is 16.7 Å².